The van der Waals surface area contributed by atoms with Gasteiger partial charge >= 0.3 is 0 Å². The molecule has 0 bridgehead atoms. The first-order valence-corrected chi connectivity index (χ1v) is 11.0. The normalized spacial score (nSPS) is 20.6. The SMILES string of the molecule is COc1ccc([C@@H]2/C(=C(\O)c3ccc(F)cc3)C(=O)C(=O)N2CCN2CCOCC2)c(OC)c1. The number of aliphatic hydroxyl groups is 1. The van der Waals surface area contributed by atoms with Gasteiger partial charge in [0, 0.05) is 43.4 Å². The van der Waals surface area contributed by atoms with Crippen LogP contribution >= 0.6 is 0 Å². The summed E-state index contributed by atoms with van der Waals surface area (Å²) in [4.78, 5) is 29.9. The highest BCUT2D eigenvalue weighted by Gasteiger charge is 2.47. The van der Waals surface area contributed by atoms with Crippen LogP contribution in [0, 0.1) is 5.82 Å². The predicted molar refractivity (Wildman–Crippen MR) is 122 cm³/mol. The van der Waals surface area contributed by atoms with E-state index in [0.29, 0.717) is 36.8 Å². The van der Waals surface area contributed by atoms with Crippen molar-refractivity contribution in [3.8, 4) is 11.5 Å². The van der Waals surface area contributed by atoms with Crippen molar-refractivity contribution in [3.63, 3.8) is 0 Å². The molecule has 2 aliphatic heterocycles. The van der Waals surface area contributed by atoms with Crippen LogP contribution in [0.1, 0.15) is 17.2 Å². The smallest absolute Gasteiger partial charge is 0.295 e. The molecule has 9 heteroatoms. The zero-order valence-corrected chi connectivity index (χ0v) is 19.1. The average Bonchev–Trinajstić information content (AvgIpc) is 3.12. The molecule has 0 saturated carbocycles. The topological polar surface area (TPSA) is 88.5 Å². The highest BCUT2D eigenvalue weighted by molar-refractivity contribution is 6.46. The number of carbonyl (C=O) groups excluding carboxylic acids is 2. The maximum atomic E-state index is 13.4. The molecule has 4 rings (SSSR count). The predicted octanol–water partition coefficient (Wildman–Crippen LogP) is 2.60. The van der Waals surface area contributed by atoms with Crippen LogP contribution in [0.2, 0.25) is 0 Å². The molecule has 0 spiro atoms. The number of methoxy groups -OCH3 is 2. The lowest BCUT2D eigenvalue weighted by molar-refractivity contribution is -0.140. The summed E-state index contributed by atoms with van der Waals surface area (Å²) < 4.78 is 29.7. The maximum Gasteiger partial charge on any atom is 0.295 e. The number of amides is 1. The van der Waals surface area contributed by atoms with Gasteiger partial charge in [-0.15, -0.1) is 0 Å². The number of aliphatic hydroxyl groups excluding tert-OH is 1. The third-order valence-electron chi connectivity index (χ3n) is 6.15. The van der Waals surface area contributed by atoms with Crippen molar-refractivity contribution < 1.29 is 33.3 Å². The molecule has 8 nitrogen and oxygen atoms in total. The van der Waals surface area contributed by atoms with Gasteiger partial charge in [0.2, 0.25) is 0 Å². The molecule has 2 aromatic carbocycles. The molecule has 2 saturated heterocycles. The second-order valence-corrected chi connectivity index (χ2v) is 8.06. The van der Waals surface area contributed by atoms with Crippen molar-refractivity contribution in [1.82, 2.24) is 9.80 Å². The standard InChI is InChI=1S/C25H27FN2O6/c1-32-18-7-8-19(20(15-18)33-2)22-21(23(29)16-3-5-17(26)6-4-16)24(30)25(31)28(22)10-9-27-11-13-34-14-12-27/h3-8,15,22,29H,9-14H2,1-2H3/b23-21+/t22-/m1/s1. The number of morpholine rings is 1. The number of rotatable bonds is 7. The number of carbonyl (C=O) groups is 2. The van der Waals surface area contributed by atoms with E-state index in [1.807, 2.05) is 0 Å². The number of hydrogen-bond acceptors (Lipinski definition) is 7. The van der Waals surface area contributed by atoms with Crippen molar-refractivity contribution in [1.29, 1.82) is 0 Å². The minimum absolute atomic E-state index is 0.0675. The number of ketones is 1. The van der Waals surface area contributed by atoms with Gasteiger partial charge in [-0.2, -0.15) is 0 Å². The van der Waals surface area contributed by atoms with Gasteiger partial charge in [0.25, 0.3) is 11.7 Å². The van der Waals surface area contributed by atoms with Crippen LogP contribution in [0.4, 0.5) is 4.39 Å². The fraction of sp³-hybridized carbons (Fsp3) is 0.360. The van der Waals surface area contributed by atoms with Crippen molar-refractivity contribution in [2.45, 2.75) is 6.04 Å². The van der Waals surface area contributed by atoms with Gasteiger partial charge in [0.15, 0.2) is 0 Å². The highest BCUT2D eigenvalue weighted by Crippen LogP contribution is 2.43. The molecule has 2 aromatic rings. The molecule has 1 atom stereocenters. The van der Waals surface area contributed by atoms with Crippen LogP contribution in [0.25, 0.3) is 5.76 Å². The summed E-state index contributed by atoms with van der Waals surface area (Å²) in [5.74, 6) is -1.39. The number of hydrogen-bond donors (Lipinski definition) is 1. The van der Waals surface area contributed by atoms with Gasteiger partial charge in [-0.05, 0) is 36.4 Å². The van der Waals surface area contributed by atoms with E-state index >= 15 is 0 Å². The Morgan fingerprint density at radius 1 is 1.06 bits per heavy atom. The summed E-state index contributed by atoms with van der Waals surface area (Å²) in [6.07, 6.45) is 0. The Balaban J connectivity index is 1.79. The van der Waals surface area contributed by atoms with Crippen molar-refractivity contribution >= 4 is 17.4 Å². The molecule has 0 radical (unpaired) electrons. The molecule has 0 unspecified atom stereocenters. The lowest BCUT2D eigenvalue weighted by atomic mass is 9.94. The quantitative estimate of drug-likeness (QED) is 0.378. The number of halogens is 1. The van der Waals surface area contributed by atoms with E-state index in [4.69, 9.17) is 14.2 Å². The summed E-state index contributed by atoms with van der Waals surface area (Å²) in [6, 6.07) is 9.31. The van der Waals surface area contributed by atoms with Gasteiger partial charge in [-0.3, -0.25) is 14.5 Å². The summed E-state index contributed by atoms with van der Waals surface area (Å²) in [5, 5.41) is 11.1. The molecule has 0 aliphatic carbocycles. The molecule has 0 aromatic heterocycles. The first-order valence-electron chi connectivity index (χ1n) is 11.0. The molecule has 2 aliphatic rings. The Labute approximate surface area is 197 Å². The second-order valence-electron chi connectivity index (χ2n) is 8.06. The summed E-state index contributed by atoms with van der Waals surface area (Å²) in [5.41, 5.74) is 0.709. The maximum absolute atomic E-state index is 13.4. The average molecular weight is 470 g/mol. The second kappa shape index (κ2) is 10.2. The fourth-order valence-corrected chi connectivity index (χ4v) is 4.32. The minimum atomic E-state index is -0.882. The summed E-state index contributed by atoms with van der Waals surface area (Å²) in [6.45, 7) is 3.50. The van der Waals surface area contributed by atoms with Crippen molar-refractivity contribution in [2.75, 3.05) is 53.6 Å². The first kappa shape index (κ1) is 23.7. The zero-order chi connectivity index (χ0) is 24.2. The van der Waals surface area contributed by atoms with E-state index in [1.54, 1.807) is 18.2 Å². The molecule has 1 N–H and O–H groups in total. The molecule has 1 amide bonds. The molecule has 2 heterocycles. The van der Waals surface area contributed by atoms with Crippen LogP contribution in [-0.4, -0.2) is 80.2 Å². The summed E-state index contributed by atoms with van der Waals surface area (Å²) in [7, 11) is 3.01. The zero-order valence-electron chi connectivity index (χ0n) is 19.1. The van der Waals surface area contributed by atoms with Crippen LogP contribution in [0.3, 0.4) is 0 Å². The Hall–Kier alpha value is -3.43. The van der Waals surface area contributed by atoms with Gasteiger partial charge in [-0.1, -0.05) is 0 Å². The van der Waals surface area contributed by atoms with E-state index < -0.39 is 23.5 Å². The molecule has 2 fully saturated rings. The van der Waals surface area contributed by atoms with E-state index in [0.717, 1.165) is 13.1 Å². The summed E-state index contributed by atoms with van der Waals surface area (Å²) >= 11 is 0. The Morgan fingerprint density at radius 2 is 1.76 bits per heavy atom. The van der Waals surface area contributed by atoms with Gasteiger partial charge in [0.05, 0.1) is 39.0 Å². The number of likely N-dealkylation sites (tertiary alicyclic amines) is 1. The molecular formula is C25H27FN2O6. The van der Waals surface area contributed by atoms with E-state index in [-0.39, 0.29) is 23.4 Å². The van der Waals surface area contributed by atoms with Crippen LogP contribution in [-0.2, 0) is 14.3 Å². The number of benzene rings is 2. The number of ether oxygens (including phenoxy) is 3. The fourth-order valence-electron chi connectivity index (χ4n) is 4.32. The number of nitrogens with zero attached hydrogens (tertiary/aromatic N) is 2. The monoisotopic (exact) mass is 470 g/mol. The lowest BCUT2D eigenvalue weighted by Gasteiger charge is -2.31. The first-order chi connectivity index (χ1) is 16.4. The molecule has 34 heavy (non-hydrogen) atoms. The minimum Gasteiger partial charge on any atom is -0.507 e. The van der Waals surface area contributed by atoms with E-state index in [1.165, 1.54) is 43.4 Å². The van der Waals surface area contributed by atoms with Crippen molar-refractivity contribution in [3.05, 3.63) is 65.0 Å². The third-order valence-corrected chi connectivity index (χ3v) is 6.15. The number of Topliss-reactive ketones (excluding diaryl/α,β-unsaturated/α-hetero) is 1. The molecule has 180 valence electrons. The molecular weight excluding hydrogens is 443 g/mol. The largest absolute Gasteiger partial charge is 0.507 e. The van der Waals surface area contributed by atoms with Crippen LogP contribution in [0.15, 0.2) is 48.0 Å². The van der Waals surface area contributed by atoms with E-state index in [9.17, 15) is 19.1 Å². The van der Waals surface area contributed by atoms with Gasteiger partial charge < -0.3 is 24.2 Å². The Kier molecular flexibility index (Phi) is 7.14. The van der Waals surface area contributed by atoms with Crippen LogP contribution < -0.4 is 9.47 Å². The Morgan fingerprint density at radius 3 is 2.41 bits per heavy atom. The van der Waals surface area contributed by atoms with Crippen LogP contribution in [0.5, 0.6) is 11.5 Å². The van der Waals surface area contributed by atoms with Gasteiger partial charge in [-0.25, -0.2) is 4.39 Å². The highest BCUT2D eigenvalue weighted by atomic mass is 19.1. The van der Waals surface area contributed by atoms with E-state index in [2.05, 4.69) is 4.90 Å². The van der Waals surface area contributed by atoms with Crippen molar-refractivity contribution in [2.24, 2.45) is 0 Å². The third kappa shape index (κ3) is 4.62. The lowest BCUT2D eigenvalue weighted by Crippen LogP contribution is -2.42. The Bertz CT molecular complexity index is 1100. The van der Waals surface area contributed by atoms with Gasteiger partial charge in [0.1, 0.15) is 23.1 Å².